The van der Waals surface area contributed by atoms with Gasteiger partial charge in [-0.15, -0.1) is 0 Å². The summed E-state index contributed by atoms with van der Waals surface area (Å²) in [6, 6.07) is 2.39. The molecule has 0 aliphatic carbocycles. The molecule has 1 aromatic rings. The van der Waals surface area contributed by atoms with Crippen LogP contribution in [0, 0.1) is 0 Å². The van der Waals surface area contributed by atoms with Gasteiger partial charge >= 0.3 is 12.2 Å². The lowest BCUT2D eigenvalue weighted by molar-refractivity contribution is -0.136. The molecule has 18 heavy (non-hydrogen) atoms. The molecule has 0 fully saturated rings. The standard InChI is InChI=1S/C11H12ClF3N2O/c1-6(2)16-10(18)17-9-7(11(13,14)15)4-3-5-8(9)12/h3-6H,1-2H3,(H2,16,17,18). The van der Waals surface area contributed by atoms with Gasteiger partial charge in [0.2, 0.25) is 0 Å². The molecule has 0 radical (unpaired) electrons. The van der Waals surface area contributed by atoms with E-state index in [9.17, 15) is 18.0 Å². The van der Waals surface area contributed by atoms with Gasteiger partial charge in [0.1, 0.15) is 0 Å². The molecule has 0 aliphatic heterocycles. The van der Waals surface area contributed by atoms with E-state index in [2.05, 4.69) is 10.6 Å². The molecule has 2 amide bonds. The third kappa shape index (κ3) is 3.80. The Hall–Kier alpha value is -1.43. The highest BCUT2D eigenvalue weighted by atomic mass is 35.5. The zero-order valence-electron chi connectivity index (χ0n) is 9.73. The second-order valence-corrected chi connectivity index (χ2v) is 4.32. The van der Waals surface area contributed by atoms with Crippen LogP contribution in [-0.2, 0) is 6.18 Å². The van der Waals surface area contributed by atoms with Gasteiger partial charge in [0, 0.05) is 6.04 Å². The van der Waals surface area contributed by atoms with Gasteiger partial charge in [-0.05, 0) is 26.0 Å². The number of amides is 2. The number of anilines is 1. The Morgan fingerprint density at radius 2 is 1.94 bits per heavy atom. The van der Waals surface area contributed by atoms with Crippen LogP contribution in [0.25, 0.3) is 0 Å². The highest BCUT2D eigenvalue weighted by Gasteiger charge is 2.34. The van der Waals surface area contributed by atoms with Crippen LogP contribution in [0.3, 0.4) is 0 Å². The molecule has 100 valence electrons. The molecule has 0 spiro atoms. The summed E-state index contributed by atoms with van der Waals surface area (Å²) in [6.07, 6.45) is -4.58. The SMILES string of the molecule is CC(C)NC(=O)Nc1c(Cl)cccc1C(F)(F)F. The Kier molecular flexibility index (Phi) is 4.45. The summed E-state index contributed by atoms with van der Waals surface area (Å²) in [7, 11) is 0. The fraction of sp³-hybridized carbons (Fsp3) is 0.364. The number of halogens is 4. The minimum Gasteiger partial charge on any atom is -0.336 e. The van der Waals surface area contributed by atoms with Crippen molar-refractivity contribution < 1.29 is 18.0 Å². The van der Waals surface area contributed by atoms with Gasteiger partial charge in [0.05, 0.1) is 16.3 Å². The average molecular weight is 281 g/mol. The number of nitrogens with one attached hydrogen (secondary N) is 2. The number of hydrogen-bond donors (Lipinski definition) is 2. The van der Waals surface area contributed by atoms with Crippen molar-refractivity contribution in [3.8, 4) is 0 Å². The van der Waals surface area contributed by atoms with E-state index in [0.29, 0.717) is 0 Å². The summed E-state index contributed by atoms with van der Waals surface area (Å²) in [6.45, 7) is 3.38. The molecule has 0 heterocycles. The molecule has 0 atom stereocenters. The Bertz CT molecular complexity index is 446. The number of urea groups is 1. The van der Waals surface area contributed by atoms with Crippen LogP contribution in [0.2, 0.25) is 5.02 Å². The van der Waals surface area contributed by atoms with E-state index >= 15 is 0 Å². The molecule has 0 aliphatic rings. The zero-order valence-corrected chi connectivity index (χ0v) is 10.5. The van der Waals surface area contributed by atoms with E-state index in [4.69, 9.17) is 11.6 Å². The van der Waals surface area contributed by atoms with Crippen LogP contribution in [-0.4, -0.2) is 12.1 Å². The third-order valence-corrected chi connectivity index (χ3v) is 2.29. The highest BCUT2D eigenvalue weighted by molar-refractivity contribution is 6.33. The number of para-hydroxylation sites is 1. The molecule has 1 aromatic carbocycles. The fourth-order valence-electron chi connectivity index (χ4n) is 1.30. The number of carbonyl (C=O) groups excluding carboxylic acids is 1. The number of hydrogen-bond acceptors (Lipinski definition) is 1. The second kappa shape index (κ2) is 5.48. The van der Waals surface area contributed by atoms with Crippen molar-refractivity contribution in [1.82, 2.24) is 5.32 Å². The van der Waals surface area contributed by atoms with Crippen LogP contribution < -0.4 is 10.6 Å². The monoisotopic (exact) mass is 280 g/mol. The number of benzene rings is 1. The van der Waals surface area contributed by atoms with E-state index < -0.39 is 23.5 Å². The van der Waals surface area contributed by atoms with Crippen LogP contribution in [0.1, 0.15) is 19.4 Å². The number of carbonyl (C=O) groups is 1. The lowest BCUT2D eigenvalue weighted by atomic mass is 10.1. The smallest absolute Gasteiger partial charge is 0.336 e. The summed E-state index contributed by atoms with van der Waals surface area (Å²) in [5.74, 6) is 0. The van der Waals surface area contributed by atoms with Gasteiger partial charge in [-0.1, -0.05) is 17.7 Å². The molecule has 1 rings (SSSR count). The van der Waals surface area contributed by atoms with E-state index in [1.165, 1.54) is 12.1 Å². The van der Waals surface area contributed by atoms with Gasteiger partial charge in [0.25, 0.3) is 0 Å². The quantitative estimate of drug-likeness (QED) is 0.848. The summed E-state index contributed by atoms with van der Waals surface area (Å²) in [5.41, 5.74) is -1.42. The van der Waals surface area contributed by atoms with Crippen molar-refractivity contribution in [2.45, 2.75) is 26.1 Å². The Balaban J connectivity index is 3.04. The highest BCUT2D eigenvalue weighted by Crippen LogP contribution is 2.38. The second-order valence-electron chi connectivity index (χ2n) is 3.91. The van der Waals surface area contributed by atoms with Crippen molar-refractivity contribution in [2.24, 2.45) is 0 Å². The molecular weight excluding hydrogens is 269 g/mol. The topological polar surface area (TPSA) is 41.1 Å². The fourth-order valence-corrected chi connectivity index (χ4v) is 1.52. The summed E-state index contributed by atoms with van der Waals surface area (Å²) in [4.78, 5) is 11.4. The third-order valence-electron chi connectivity index (χ3n) is 1.98. The molecule has 3 nitrogen and oxygen atoms in total. The van der Waals surface area contributed by atoms with Gasteiger partial charge in [0.15, 0.2) is 0 Å². The molecule has 0 unspecified atom stereocenters. The molecule has 2 N–H and O–H groups in total. The average Bonchev–Trinajstić information content (AvgIpc) is 2.18. The van der Waals surface area contributed by atoms with Crippen molar-refractivity contribution in [3.05, 3.63) is 28.8 Å². The summed E-state index contributed by atoms with van der Waals surface area (Å²) < 4.78 is 38.1. The van der Waals surface area contributed by atoms with Crippen molar-refractivity contribution in [3.63, 3.8) is 0 Å². The maximum Gasteiger partial charge on any atom is 0.418 e. The van der Waals surface area contributed by atoms with Gasteiger partial charge < -0.3 is 10.6 Å². The van der Waals surface area contributed by atoms with E-state index in [0.717, 1.165) is 6.07 Å². The largest absolute Gasteiger partial charge is 0.418 e. The van der Waals surface area contributed by atoms with E-state index in [1.807, 2.05) is 0 Å². The van der Waals surface area contributed by atoms with Crippen molar-refractivity contribution >= 4 is 23.3 Å². The van der Waals surface area contributed by atoms with Crippen LogP contribution in [0.4, 0.5) is 23.7 Å². The number of rotatable bonds is 2. The maximum absolute atomic E-state index is 12.7. The van der Waals surface area contributed by atoms with Crippen LogP contribution in [0.15, 0.2) is 18.2 Å². The molecule has 0 bridgehead atoms. The zero-order chi connectivity index (χ0) is 13.9. The van der Waals surface area contributed by atoms with Gasteiger partial charge in [-0.2, -0.15) is 13.2 Å². The Morgan fingerprint density at radius 3 is 2.44 bits per heavy atom. The number of alkyl halides is 3. The summed E-state index contributed by atoms with van der Waals surface area (Å²) >= 11 is 5.67. The maximum atomic E-state index is 12.7. The minimum absolute atomic E-state index is 0.163. The van der Waals surface area contributed by atoms with Crippen LogP contribution >= 0.6 is 11.6 Å². The lowest BCUT2D eigenvalue weighted by Gasteiger charge is -2.16. The van der Waals surface area contributed by atoms with Crippen LogP contribution in [0.5, 0.6) is 0 Å². The molecule has 0 saturated carbocycles. The van der Waals surface area contributed by atoms with Crippen molar-refractivity contribution in [1.29, 1.82) is 0 Å². The molecule has 0 saturated heterocycles. The van der Waals surface area contributed by atoms with Gasteiger partial charge in [-0.3, -0.25) is 0 Å². The molecule has 0 aromatic heterocycles. The van der Waals surface area contributed by atoms with E-state index in [1.54, 1.807) is 13.8 Å². The first-order valence-corrected chi connectivity index (χ1v) is 5.53. The predicted octanol–water partition coefficient (Wildman–Crippen LogP) is 3.89. The first kappa shape index (κ1) is 14.6. The van der Waals surface area contributed by atoms with E-state index in [-0.39, 0.29) is 11.1 Å². The van der Waals surface area contributed by atoms with Crippen molar-refractivity contribution in [2.75, 3.05) is 5.32 Å². The van der Waals surface area contributed by atoms with Gasteiger partial charge in [-0.25, -0.2) is 4.79 Å². The normalized spacial score (nSPS) is 11.5. The predicted molar refractivity (Wildman–Crippen MR) is 63.7 cm³/mol. The minimum atomic E-state index is -4.58. The summed E-state index contributed by atoms with van der Waals surface area (Å²) in [5, 5.41) is 4.37. The first-order valence-electron chi connectivity index (χ1n) is 5.15. The lowest BCUT2D eigenvalue weighted by Crippen LogP contribution is -2.34. The molecule has 7 heteroatoms. The Morgan fingerprint density at radius 1 is 1.33 bits per heavy atom. The Labute approximate surface area is 107 Å². The molecular formula is C11H12ClF3N2O. The first-order chi connectivity index (χ1) is 8.21.